The molecule has 1 heterocycles. The fraction of sp³-hybridized carbons (Fsp3) is 0.130. The first-order valence-electron chi connectivity index (χ1n) is 16.7. The van der Waals surface area contributed by atoms with Crippen LogP contribution in [-0.4, -0.2) is 0 Å². The second-order valence-electron chi connectivity index (χ2n) is 14.5. The van der Waals surface area contributed by atoms with Crippen molar-refractivity contribution in [2.45, 2.75) is 38.5 Å². The number of hydrogen-bond donors (Lipinski definition) is 0. The number of rotatable bonds is 2. The van der Waals surface area contributed by atoms with Gasteiger partial charge in [0.2, 0.25) is 0 Å². The molecule has 0 aliphatic heterocycles. The van der Waals surface area contributed by atoms with Gasteiger partial charge in [0, 0.05) is 31.0 Å². The maximum atomic E-state index is 2.47. The Bertz CT molecular complexity index is 2630. The highest BCUT2D eigenvalue weighted by atomic mass is 32.1. The number of hydrogen-bond acceptors (Lipinski definition) is 1. The monoisotopic (exact) mass is 618 g/mol. The summed E-state index contributed by atoms with van der Waals surface area (Å²) in [6.45, 7) is 9.53. The summed E-state index contributed by atoms with van der Waals surface area (Å²) in [7, 11) is 0. The van der Waals surface area contributed by atoms with Crippen molar-refractivity contribution >= 4 is 42.3 Å². The van der Waals surface area contributed by atoms with E-state index in [1.165, 1.54) is 97.7 Å². The molecule has 224 valence electrons. The van der Waals surface area contributed by atoms with E-state index in [0.29, 0.717) is 0 Å². The zero-order valence-corrected chi connectivity index (χ0v) is 27.9. The van der Waals surface area contributed by atoms with Crippen LogP contribution in [0.5, 0.6) is 0 Å². The van der Waals surface area contributed by atoms with Gasteiger partial charge < -0.3 is 0 Å². The van der Waals surface area contributed by atoms with Crippen molar-refractivity contribution in [3.8, 4) is 44.5 Å². The molecule has 0 nitrogen and oxygen atoms in total. The maximum Gasteiger partial charge on any atom is 0.0434 e. The van der Waals surface area contributed by atoms with Gasteiger partial charge in [0.15, 0.2) is 0 Å². The SMILES string of the molecule is CC1(C)c2ccccc2-c2ccc(-c3ccc4c(c3)C(C)(C)c3cc(-c5cccc6c5sc5c7ccccc7ccc65)ccc3-4)cc21. The summed E-state index contributed by atoms with van der Waals surface area (Å²) in [4.78, 5) is 0. The third kappa shape index (κ3) is 3.64. The first-order chi connectivity index (χ1) is 22.8. The smallest absolute Gasteiger partial charge is 0.0434 e. The number of thiophene rings is 1. The molecule has 1 heteroatoms. The molecular weight excluding hydrogens is 585 g/mol. The molecule has 0 bridgehead atoms. The fourth-order valence-corrected chi connectivity index (χ4v) is 10.1. The van der Waals surface area contributed by atoms with Crippen LogP contribution in [-0.2, 0) is 10.8 Å². The summed E-state index contributed by atoms with van der Waals surface area (Å²) in [5, 5.41) is 5.35. The van der Waals surface area contributed by atoms with Gasteiger partial charge >= 0.3 is 0 Å². The molecule has 0 N–H and O–H groups in total. The Morgan fingerprint density at radius 3 is 1.60 bits per heavy atom. The largest absolute Gasteiger partial charge is 0.134 e. The molecule has 0 unspecified atom stereocenters. The van der Waals surface area contributed by atoms with Crippen molar-refractivity contribution in [2.24, 2.45) is 0 Å². The topological polar surface area (TPSA) is 0 Å². The lowest BCUT2D eigenvalue weighted by Crippen LogP contribution is -2.15. The minimum atomic E-state index is -0.104. The molecule has 2 aliphatic carbocycles. The van der Waals surface area contributed by atoms with Crippen LogP contribution < -0.4 is 0 Å². The Morgan fingerprint density at radius 2 is 0.872 bits per heavy atom. The van der Waals surface area contributed by atoms with Crippen molar-refractivity contribution in [3.63, 3.8) is 0 Å². The van der Waals surface area contributed by atoms with Crippen LogP contribution in [0.1, 0.15) is 49.9 Å². The van der Waals surface area contributed by atoms with Crippen LogP contribution >= 0.6 is 11.3 Å². The first-order valence-corrected chi connectivity index (χ1v) is 17.5. The van der Waals surface area contributed by atoms with Gasteiger partial charge in [-0.1, -0.05) is 143 Å². The van der Waals surface area contributed by atoms with Crippen molar-refractivity contribution in [1.29, 1.82) is 0 Å². The normalized spacial score (nSPS) is 15.1. The van der Waals surface area contributed by atoms with Gasteiger partial charge in [-0.05, 0) is 95.7 Å². The van der Waals surface area contributed by atoms with E-state index in [-0.39, 0.29) is 10.8 Å². The Kier molecular flexibility index (Phi) is 5.38. The predicted octanol–water partition coefficient (Wildman–Crippen LogP) is 13.2. The number of benzene rings is 7. The highest BCUT2D eigenvalue weighted by Gasteiger charge is 2.37. The van der Waals surface area contributed by atoms with E-state index in [0.717, 1.165) is 0 Å². The molecule has 0 amide bonds. The molecule has 47 heavy (non-hydrogen) atoms. The molecule has 7 aromatic carbocycles. The highest BCUT2D eigenvalue weighted by molar-refractivity contribution is 7.27. The first kappa shape index (κ1) is 27.2. The Morgan fingerprint density at radius 1 is 0.362 bits per heavy atom. The average molecular weight is 619 g/mol. The van der Waals surface area contributed by atoms with Gasteiger partial charge in [0.25, 0.3) is 0 Å². The average Bonchev–Trinajstić information content (AvgIpc) is 3.68. The molecule has 1 aromatic heterocycles. The van der Waals surface area contributed by atoms with Gasteiger partial charge in [-0.2, -0.15) is 0 Å². The molecule has 8 aromatic rings. The molecule has 0 saturated carbocycles. The summed E-state index contributed by atoms with van der Waals surface area (Å²) in [6, 6.07) is 50.5. The standard InChI is InChI=1S/C46H34S/c1-45(2)39-15-8-7-12-33(39)34-20-17-28(24-40(34)45)29-18-21-35-36-22-19-30(26-42(36)46(3,4)41(35)25-29)32-13-9-14-37-38-23-16-27-10-5-6-11-31(27)43(38)47-44(32)37/h5-26H,1-4H3. The molecule has 0 atom stereocenters. The Labute approximate surface area is 280 Å². The van der Waals surface area contributed by atoms with Crippen LogP contribution in [0.4, 0.5) is 0 Å². The molecule has 2 aliphatic rings. The second kappa shape index (κ2) is 9.31. The summed E-state index contributed by atoms with van der Waals surface area (Å²) < 4.78 is 2.75. The van der Waals surface area contributed by atoms with Crippen LogP contribution in [0.15, 0.2) is 133 Å². The van der Waals surface area contributed by atoms with Crippen LogP contribution in [0.3, 0.4) is 0 Å². The van der Waals surface area contributed by atoms with Gasteiger partial charge in [-0.3, -0.25) is 0 Å². The third-order valence-electron chi connectivity index (χ3n) is 11.3. The zero-order valence-electron chi connectivity index (χ0n) is 27.1. The van der Waals surface area contributed by atoms with Crippen molar-refractivity contribution in [3.05, 3.63) is 156 Å². The predicted molar refractivity (Wildman–Crippen MR) is 203 cm³/mol. The van der Waals surface area contributed by atoms with E-state index in [1.54, 1.807) is 0 Å². The molecule has 0 radical (unpaired) electrons. The minimum Gasteiger partial charge on any atom is -0.134 e. The van der Waals surface area contributed by atoms with Gasteiger partial charge in [-0.25, -0.2) is 0 Å². The molecule has 0 saturated heterocycles. The van der Waals surface area contributed by atoms with E-state index in [1.807, 2.05) is 11.3 Å². The van der Waals surface area contributed by atoms with E-state index in [4.69, 9.17) is 0 Å². The fourth-order valence-electron chi connectivity index (χ4n) is 8.72. The second-order valence-corrected chi connectivity index (χ2v) is 15.5. The van der Waals surface area contributed by atoms with E-state index in [2.05, 4.69) is 161 Å². The zero-order chi connectivity index (χ0) is 31.7. The van der Waals surface area contributed by atoms with E-state index >= 15 is 0 Å². The lowest BCUT2D eigenvalue weighted by atomic mass is 9.80. The molecular formula is C46H34S. The summed E-state index contributed by atoms with van der Waals surface area (Å²) >= 11 is 1.94. The van der Waals surface area contributed by atoms with Gasteiger partial charge in [-0.15, -0.1) is 11.3 Å². The van der Waals surface area contributed by atoms with Crippen LogP contribution in [0.25, 0.3) is 75.5 Å². The van der Waals surface area contributed by atoms with Gasteiger partial charge in [0.05, 0.1) is 0 Å². The highest BCUT2D eigenvalue weighted by Crippen LogP contribution is 2.53. The van der Waals surface area contributed by atoms with Crippen molar-refractivity contribution in [2.75, 3.05) is 0 Å². The van der Waals surface area contributed by atoms with Crippen LogP contribution in [0, 0.1) is 0 Å². The molecule has 0 fully saturated rings. The molecule has 0 spiro atoms. The van der Waals surface area contributed by atoms with E-state index < -0.39 is 0 Å². The summed E-state index contributed by atoms with van der Waals surface area (Å²) in [6.07, 6.45) is 0. The third-order valence-corrected chi connectivity index (χ3v) is 12.6. The van der Waals surface area contributed by atoms with E-state index in [9.17, 15) is 0 Å². The maximum absolute atomic E-state index is 2.47. The number of fused-ring (bicyclic) bond motifs is 11. The van der Waals surface area contributed by atoms with Gasteiger partial charge in [0.1, 0.15) is 0 Å². The Balaban J connectivity index is 1.07. The molecule has 10 rings (SSSR count). The van der Waals surface area contributed by atoms with Crippen LogP contribution in [0.2, 0.25) is 0 Å². The lowest BCUT2D eigenvalue weighted by molar-refractivity contribution is 0.659. The Hall–Kier alpha value is -4.98. The summed E-state index contributed by atoms with van der Waals surface area (Å²) in [5.74, 6) is 0. The summed E-state index contributed by atoms with van der Waals surface area (Å²) in [5.41, 5.74) is 16.2. The quantitative estimate of drug-likeness (QED) is 0.181. The lowest BCUT2D eigenvalue weighted by Gasteiger charge is -2.23. The minimum absolute atomic E-state index is 0.00502. The van der Waals surface area contributed by atoms with Crippen molar-refractivity contribution in [1.82, 2.24) is 0 Å². The van der Waals surface area contributed by atoms with Crippen molar-refractivity contribution < 1.29 is 0 Å².